The Kier molecular flexibility index (Phi) is 5.45. The van der Waals surface area contributed by atoms with E-state index in [0.717, 1.165) is 16.6 Å². The summed E-state index contributed by atoms with van der Waals surface area (Å²) in [5.74, 6) is -0.280. The summed E-state index contributed by atoms with van der Waals surface area (Å²) in [6.45, 7) is 2.72. The molecule has 33 heavy (non-hydrogen) atoms. The third-order valence-corrected chi connectivity index (χ3v) is 5.80. The molecule has 0 spiro atoms. The van der Waals surface area contributed by atoms with Gasteiger partial charge in [-0.05, 0) is 48.9 Å². The topological polar surface area (TPSA) is 56.4 Å². The van der Waals surface area contributed by atoms with Gasteiger partial charge in [-0.3, -0.25) is 9.59 Å². The molecule has 162 valence electrons. The SMILES string of the molecule is Cc1ccc(Cn2ccccc2=NC(=O)Cn2c3ccccc3c(=O)c3ccccc32)cc1. The van der Waals surface area contributed by atoms with Gasteiger partial charge in [-0.15, -0.1) is 0 Å². The molecule has 5 heteroatoms. The van der Waals surface area contributed by atoms with Crippen LogP contribution in [0.25, 0.3) is 21.8 Å². The van der Waals surface area contributed by atoms with Crippen LogP contribution >= 0.6 is 0 Å². The van der Waals surface area contributed by atoms with Gasteiger partial charge in [0.1, 0.15) is 12.0 Å². The number of fused-ring (bicyclic) bond motifs is 2. The van der Waals surface area contributed by atoms with E-state index in [1.165, 1.54) is 5.56 Å². The Morgan fingerprint density at radius 3 is 2.06 bits per heavy atom. The van der Waals surface area contributed by atoms with Crippen molar-refractivity contribution >= 4 is 27.7 Å². The maximum absolute atomic E-state index is 13.1. The van der Waals surface area contributed by atoms with Crippen LogP contribution in [0, 0.1) is 6.92 Å². The molecule has 5 nitrogen and oxygen atoms in total. The second kappa shape index (κ2) is 8.71. The lowest BCUT2D eigenvalue weighted by atomic mass is 10.1. The van der Waals surface area contributed by atoms with Gasteiger partial charge >= 0.3 is 0 Å². The minimum absolute atomic E-state index is 0.0270. The summed E-state index contributed by atoms with van der Waals surface area (Å²) in [6, 6.07) is 28.7. The van der Waals surface area contributed by atoms with Gasteiger partial charge in [0.25, 0.3) is 5.91 Å². The van der Waals surface area contributed by atoms with Crippen molar-refractivity contribution in [3.63, 3.8) is 0 Å². The van der Waals surface area contributed by atoms with Crippen LogP contribution < -0.4 is 10.9 Å². The highest BCUT2D eigenvalue weighted by Crippen LogP contribution is 2.19. The number of benzene rings is 3. The molecule has 0 saturated carbocycles. The maximum atomic E-state index is 13.1. The molecule has 1 amide bonds. The lowest BCUT2D eigenvalue weighted by molar-refractivity contribution is -0.118. The fourth-order valence-corrected chi connectivity index (χ4v) is 4.14. The summed E-state index contributed by atoms with van der Waals surface area (Å²) < 4.78 is 3.84. The molecule has 0 atom stereocenters. The molecule has 2 aromatic heterocycles. The summed E-state index contributed by atoms with van der Waals surface area (Å²) in [7, 11) is 0. The van der Waals surface area contributed by atoms with Crippen molar-refractivity contribution in [2.45, 2.75) is 20.0 Å². The Morgan fingerprint density at radius 1 is 0.788 bits per heavy atom. The number of pyridine rings is 2. The van der Waals surface area contributed by atoms with Crippen molar-refractivity contribution in [2.24, 2.45) is 4.99 Å². The standard InChI is InChI=1S/C28H23N3O2/c1-20-13-15-21(16-14-20)18-30-17-7-6-12-26(30)29-27(32)19-31-24-10-4-2-8-22(24)28(33)23-9-3-5-11-25(23)31/h2-17H,18-19H2,1H3. The maximum Gasteiger partial charge on any atom is 0.267 e. The van der Waals surface area contributed by atoms with Crippen LogP contribution in [0.4, 0.5) is 0 Å². The van der Waals surface area contributed by atoms with E-state index in [2.05, 4.69) is 36.2 Å². The van der Waals surface area contributed by atoms with Crippen LogP contribution in [0.3, 0.4) is 0 Å². The number of aromatic nitrogens is 2. The van der Waals surface area contributed by atoms with Gasteiger partial charge in [0.2, 0.25) is 0 Å². The molecule has 2 heterocycles. The predicted molar refractivity (Wildman–Crippen MR) is 131 cm³/mol. The van der Waals surface area contributed by atoms with Crippen molar-refractivity contribution in [3.8, 4) is 0 Å². The minimum atomic E-state index is -0.280. The summed E-state index contributed by atoms with van der Waals surface area (Å²) >= 11 is 0. The summed E-state index contributed by atoms with van der Waals surface area (Å²) in [5.41, 5.74) is 4.37. The number of nitrogens with zero attached hydrogens (tertiary/aromatic N) is 3. The number of carbonyl (C=O) groups is 1. The van der Waals surface area contributed by atoms with Crippen LogP contribution in [0.2, 0.25) is 0 Å². The zero-order valence-electron chi connectivity index (χ0n) is 18.3. The largest absolute Gasteiger partial charge is 0.331 e. The van der Waals surface area contributed by atoms with Crippen LogP contribution in [0.15, 0.2) is 107 Å². The van der Waals surface area contributed by atoms with Crippen LogP contribution in [-0.4, -0.2) is 15.0 Å². The van der Waals surface area contributed by atoms with E-state index in [9.17, 15) is 9.59 Å². The highest BCUT2D eigenvalue weighted by molar-refractivity contribution is 5.94. The molecule has 0 bridgehead atoms. The molecule has 3 aromatic carbocycles. The molecule has 0 radical (unpaired) electrons. The van der Waals surface area contributed by atoms with Gasteiger partial charge in [0.15, 0.2) is 5.43 Å². The van der Waals surface area contributed by atoms with Gasteiger partial charge in [-0.2, -0.15) is 4.99 Å². The van der Waals surface area contributed by atoms with Gasteiger partial charge < -0.3 is 9.13 Å². The Bertz CT molecular complexity index is 1550. The summed E-state index contributed by atoms with van der Waals surface area (Å²) in [4.78, 5) is 30.5. The van der Waals surface area contributed by atoms with Crippen molar-refractivity contribution in [2.75, 3.05) is 0 Å². The number of hydrogen-bond donors (Lipinski definition) is 0. The van der Waals surface area contributed by atoms with E-state index in [1.54, 1.807) is 12.1 Å². The predicted octanol–water partition coefficient (Wildman–Crippen LogP) is 4.44. The van der Waals surface area contributed by atoms with E-state index < -0.39 is 0 Å². The van der Waals surface area contributed by atoms with Crippen LogP contribution in [-0.2, 0) is 17.9 Å². The first-order valence-corrected chi connectivity index (χ1v) is 10.9. The molecule has 0 N–H and O–H groups in total. The Labute approximate surface area is 190 Å². The van der Waals surface area contributed by atoms with Gasteiger partial charge in [0, 0.05) is 23.5 Å². The highest BCUT2D eigenvalue weighted by Gasteiger charge is 2.12. The highest BCUT2D eigenvalue weighted by atomic mass is 16.1. The fourth-order valence-electron chi connectivity index (χ4n) is 4.14. The Balaban J connectivity index is 1.56. The molecule has 0 aliphatic heterocycles. The quantitative estimate of drug-likeness (QED) is 0.394. The lowest BCUT2D eigenvalue weighted by Crippen LogP contribution is -2.23. The molecule has 0 unspecified atom stereocenters. The van der Waals surface area contributed by atoms with Crippen molar-refractivity contribution in [3.05, 3.63) is 124 Å². The van der Waals surface area contributed by atoms with E-state index in [0.29, 0.717) is 22.8 Å². The number of amides is 1. The van der Waals surface area contributed by atoms with Crippen LogP contribution in [0.5, 0.6) is 0 Å². The van der Waals surface area contributed by atoms with Gasteiger partial charge in [-0.25, -0.2) is 0 Å². The molecule has 0 fully saturated rings. The number of aryl methyl sites for hydroxylation is 1. The molecule has 0 aliphatic carbocycles. The van der Waals surface area contributed by atoms with Gasteiger partial charge in [0.05, 0.1) is 11.0 Å². The van der Waals surface area contributed by atoms with E-state index in [4.69, 9.17) is 0 Å². The average molecular weight is 434 g/mol. The van der Waals surface area contributed by atoms with E-state index in [-0.39, 0.29) is 17.9 Å². The monoisotopic (exact) mass is 433 g/mol. The number of hydrogen-bond acceptors (Lipinski definition) is 2. The Morgan fingerprint density at radius 2 is 1.39 bits per heavy atom. The molecule has 5 aromatic rings. The van der Waals surface area contributed by atoms with Crippen LogP contribution in [0.1, 0.15) is 11.1 Å². The summed E-state index contributed by atoms with van der Waals surface area (Å²) in [5, 5.41) is 1.19. The molecule has 0 saturated heterocycles. The molecule has 5 rings (SSSR count). The van der Waals surface area contributed by atoms with E-state index in [1.807, 2.05) is 69.9 Å². The average Bonchev–Trinajstić information content (AvgIpc) is 2.84. The van der Waals surface area contributed by atoms with Crippen molar-refractivity contribution in [1.82, 2.24) is 9.13 Å². The zero-order valence-corrected chi connectivity index (χ0v) is 18.3. The first-order chi connectivity index (χ1) is 16.1. The molecular formula is C28H23N3O2. The van der Waals surface area contributed by atoms with Crippen molar-refractivity contribution in [1.29, 1.82) is 0 Å². The van der Waals surface area contributed by atoms with Crippen molar-refractivity contribution < 1.29 is 4.79 Å². The minimum Gasteiger partial charge on any atom is -0.331 e. The van der Waals surface area contributed by atoms with E-state index >= 15 is 0 Å². The third kappa shape index (κ3) is 4.13. The first kappa shape index (κ1) is 20.6. The smallest absolute Gasteiger partial charge is 0.267 e. The summed E-state index contributed by atoms with van der Waals surface area (Å²) in [6.07, 6.45) is 1.93. The second-order valence-corrected chi connectivity index (χ2v) is 8.13. The molecular weight excluding hydrogens is 410 g/mol. The Hall–Kier alpha value is -4.25. The zero-order chi connectivity index (χ0) is 22.8. The fraction of sp³-hybridized carbons (Fsp3) is 0.107. The second-order valence-electron chi connectivity index (χ2n) is 8.13. The normalized spacial score (nSPS) is 11.8. The van der Waals surface area contributed by atoms with Gasteiger partial charge in [-0.1, -0.05) is 60.2 Å². The lowest BCUT2D eigenvalue weighted by Gasteiger charge is -2.13. The first-order valence-electron chi connectivity index (χ1n) is 10.9. The molecule has 0 aliphatic rings. The number of para-hydroxylation sites is 2. The number of carbonyl (C=O) groups excluding carboxylic acids is 1. The third-order valence-electron chi connectivity index (χ3n) is 5.80. The number of rotatable bonds is 4.